The molecule has 4 aromatic rings. The lowest BCUT2D eigenvalue weighted by Gasteiger charge is -2.17. The smallest absolute Gasteiger partial charge is 0.323 e. The third-order valence-electron chi connectivity index (χ3n) is 7.35. The molecule has 1 atom stereocenters. The molecule has 2 aliphatic heterocycles. The van der Waals surface area contributed by atoms with E-state index in [0.717, 1.165) is 27.6 Å². The highest BCUT2D eigenvalue weighted by molar-refractivity contribution is 7.89. The van der Waals surface area contributed by atoms with Crippen LogP contribution in [0.4, 0.5) is 0 Å². The number of hydrogen-bond acceptors (Lipinski definition) is 6. The molecular formula is C30H30N2O7S. The highest BCUT2D eigenvalue weighted by Gasteiger charge is 2.34. The molecule has 1 unspecified atom stereocenters. The van der Waals surface area contributed by atoms with Gasteiger partial charge in [-0.1, -0.05) is 18.2 Å². The number of ether oxygens (including phenoxy) is 3. The molecule has 1 saturated heterocycles. The fourth-order valence-electron chi connectivity index (χ4n) is 5.49. The number of rotatable bonds is 8. The van der Waals surface area contributed by atoms with Crippen molar-refractivity contribution < 1.29 is 32.5 Å². The molecule has 6 rings (SSSR count). The highest BCUT2D eigenvalue weighted by atomic mass is 32.2. The van der Waals surface area contributed by atoms with E-state index in [9.17, 15) is 18.3 Å². The van der Waals surface area contributed by atoms with Gasteiger partial charge in [0.25, 0.3) is 0 Å². The molecule has 0 saturated carbocycles. The molecule has 0 amide bonds. The Kier molecular flexibility index (Phi) is 6.67. The standard InChI is InChI=1S/C30H30N2O7S/c1-19(2)39-23-5-7-24(8-6-23)40(35,36)32-12-11-22(15-32)26-16-31(17-30(33)34)27-13-20(3-9-25(26)27)21-4-10-28-29(14-21)38-18-37-28/h3-10,13-14,16,19,22H,11-12,15,17-18H2,1-2H3,(H,33,34). The molecule has 0 aliphatic carbocycles. The Morgan fingerprint density at radius 1 is 1.02 bits per heavy atom. The summed E-state index contributed by atoms with van der Waals surface area (Å²) in [6.45, 7) is 4.54. The van der Waals surface area contributed by atoms with E-state index in [1.807, 2.05) is 56.4 Å². The fraction of sp³-hybridized carbons (Fsp3) is 0.300. The van der Waals surface area contributed by atoms with Gasteiger partial charge in [0.2, 0.25) is 16.8 Å². The zero-order valence-corrected chi connectivity index (χ0v) is 23.1. The predicted molar refractivity (Wildman–Crippen MR) is 149 cm³/mol. The van der Waals surface area contributed by atoms with Crippen LogP contribution in [0.5, 0.6) is 17.2 Å². The maximum absolute atomic E-state index is 13.4. The van der Waals surface area contributed by atoms with Crippen LogP contribution in [0.2, 0.25) is 0 Å². The Hall–Kier alpha value is -4.02. The molecule has 3 heterocycles. The van der Waals surface area contributed by atoms with Crippen molar-refractivity contribution in [3.05, 3.63) is 72.4 Å². The van der Waals surface area contributed by atoms with Gasteiger partial charge >= 0.3 is 5.97 Å². The van der Waals surface area contributed by atoms with E-state index < -0.39 is 16.0 Å². The Morgan fingerprint density at radius 2 is 1.75 bits per heavy atom. The summed E-state index contributed by atoms with van der Waals surface area (Å²) in [7, 11) is -3.68. The first-order valence-electron chi connectivity index (χ1n) is 13.2. The van der Waals surface area contributed by atoms with Gasteiger partial charge in [0.1, 0.15) is 12.3 Å². The average Bonchev–Trinajstić information content (AvgIpc) is 3.67. The zero-order valence-electron chi connectivity index (χ0n) is 22.2. The van der Waals surface area contributed by atoms with E-state index >= 15 is 0 Å². The summed E-state index contributed by atoms with van der Waals surface area (Å²) >= 11 is 0. The predicted octanol–water partition coefficient (Wildman–Crippen LogP) is 5.09. The van der Waals surface area contributed by atoms with Gasteiger partial charge in [0, 0.05) is 36.1 Å². The number of benzene rings is 3. The van der Waals surface area contributed by atoms with Gasteiger partial charge in [-0.2, -0.15) is 4.31 Å². The van der Waals surface area contributed by atoms with Crippen molar-refractivity contribution in [1.82, 2.24) is 8.87 Å². The molecule has 1 aromatic heterocycles. The molecule has 9 nitrogen and oxygen atoms in total. The summed E-state index contributed by atoms with van der Waals surface area (Å²) in [5, 5.41) is 10.5. The van der Waals surface area contributed by atoms with Crippen molar-refractivity contribution in [2.24, 2.45) is 0 Å². The summed E-state index contributed by atoms with van der Waals surface area (Å²) in [6, 6.07) is 18.2. The molecular weight excluding hydrogens is 532 g/mol. The van der Waals surface area contributed by atoms with Crippen LogP contribution < -0.4 is 14.2 Å². The summed E-state index contributed by atoms with van der Waals surface area (Å²) < 4.78 is 46.7. The Balaban J connectivity index is 1.29. The molecule has 0 spiro atoms. The quantitative estimate of drug-likeness (QED) is 0.319. The summed E-state index contributed by atoms with van der Waals surface area (Å²) in [5.74, 6) is 0.986. The molecule has 208 valence electrons. The summed E-state index contributed by atoms with van der Waals surface area (Å²) in [6.07, 6.45) is 2.50. The normalized spacial score (nSPS) is 17.1. The number of carboxylic acid groups (broad SMARTS) is 1. The number of aromatic nitrogens is 1. The molecule has 10 heteroatoms. The van der Waals surface area contributed by atoms with Gasteiger partial charge in [0.15, 0.2) is 11.5 Å². The van der Waals surface area contributed by atoms with Crippen LogP contribution in [0.1, 0.15) is 31.7 Å². The van der Waals surface area contributed by atoms with Gasteiger partial charge in [-0.05, 0) is 79.4 Å². The van der Waals surface area contributed by atoms with Crippen molar-refractivity contribution in [2.75, 3.05) is 19.9 Å². The maximum Gasteiger partial charge on any atom is 0.323 e. The molecule has 3 aromatic carbocycles. The van der Waals surface area contributed by atoms with Crippen LogP contribution in [0.15, 0.2) is 71.8 Å². The molecule has 0 radical (unpaired) electrons. The van der Waals surface area contributed by atoms with E-state index in [4.69, 9.17) is 14.2 Å². The van der Waals surface area contributed by atoms with Gasteiger partial charge in [-0.3, -0.25) is 4.79 Å². The largest absolute Gasteiger partial charge is 0.491 e. The summed E-state index contributed by atoms with van der Waals surface area (Å²) in [5.41, 5.74) is 3.59. The van der Waals surface area contributed by atoms with Crippen LogP contribution in [-0.2, 0) is 21.4 Å². The van der Waals surface area contributed by atoms with E-state index in [0.29, 0.717) is 36.8 Å². The molecule has 2 aliphatic rings. The van der Waals surface area contributed by atoms with Crippen LogP contribution in [0.25, 0.3) is 22.0 Å². The van der Waals surface area contributed by atoms with E-state index in [2.05, 4.69) is 0 Å². The highest BCUT2D eigenvalue weighted by Crippen LogP contribution is 2.40. The van der Waals surface area contributed by atoms with Crippen molar-refractivity contribution in [2.45, 2.75) is 43.7 Å². The van der Waals surface area contributed by atoms with Crippen LogP contribution in [-0.4, -0.2) is 54.4 Å². The first-order valence-corrected chi connectivity index (χ1v) is 14.6. The third-order valence-corrected chi connectivity index (χ3v) is 9.23. The van der Waals surface area contributed by atoms with Crippen LogP contribution in [0.3, 0.4) is 0 Å². The molecule has 0 bridgehead atoms. The number of nitrogens with zero attached hydrogens (tertiary/aromatic N) is 2. The fourth-order valence-corrected chi connectivity index (χ4v) is 6.99. The van der Waals surface area contributed by atoms with E-state index in [1.54, 1.807) is 28.8 Å². The van der Waals surface area contributed by atoms with Gasteiger partial charge in [-0.25, -0.2) is 8.42 Å². The second kappa shape index (κ2) is 10.2. The van der Waals surface area contributed by atoms with Crippen molar-refractivity contribution >= 4 is 26.9 Å². The molecule has 1 N–H and O–H groups in total. The second-order valence-electron chi connectivity index (χ2n) is 10.4. The number of aliphatic carboxylic acids is 1. The van der Waals surface area contributed by atoms with E-state index in [1.165, 1.54) is 4.31 Å². The lowest BCUT2D eigenvalue weighted by Crippen LogP contribution is -2.28. The van der Waals surface area contributed by atoms with Crippen molar-refractivity contribution in [3.8, 4) is 28.4 Å². The lowest BCUT2D eigenvalue weighted by molar-refractivity contribution is -0.137. The number of fused-ring (bicyclic) bond motifs is 2. The maximum atomic E-state index is 13.4. The monoisotopic (exact) mass is 562 g/mol. The van der Waals surface area contributed by atoms with Gasteiger partial charge < -0.3 is 23.9 Å². The minimum absolute atomic E-state index is 0.00171. The lowest BCUT2D eigenvalue weighted by atomic mass is 9.96. The zero-order chi connectivity index (χ0) is 28.0. The number of carboxylic acids is 1. The Bertz CT molecular complexity index is 1690. The van der Waals surface area contributed by atoms with E-state index in [-0.39, 0.29) is 30.3 Å². The second-order valence-corrected chi connectivity index (χ2v) is 12.3. The molecule has 1 fully saturated rings. The molecule has 40 heavy (non-hydrogen) atoms. The van der Waals surface area contributed by atoms with Crippen LogP contribution >= 0.6 is 0 Å². The van der Waals surface area contributed by atoms with Gasteiger partial charge in [0.05, 0.1) is 11.0 Å². The van der Waals surface area contributed by atoms with Gasteiger partial charge in [-0.15, -0.1) is 0 Å². The minimum Gasteiger partial charge on any atom is -0.491 e. The third kappa shape index (κ3) is 4.89. The first-order chi connectivity index (χ1) is 19.2. The minimum atomic E-state index is -3.68. The number of sulfonamides is 1. The average molecular weight is 563 g/mol. The van der Waals surface area contributed by atoms with Crippen molar-refractivity contribution in [1.29, 1.82) is 0 Å². The Labute approximate surface area is 232 Å². The SMILES string of the molecule is CC(C)Oc1ccc(S(=O)(=O)N2CCC(c3cn(CC(=O)O)c4cc(-c5ccc6c(c5)OCO6)ccc34)C2)cc1. The van der Waals surface area contributed by atoms with Crippen molar-refractivity contribution in [3.63, 3.8) is 0 Å². The van der Waals surface area contributed by atoms with Crippen LogP contribution in [0, 0.1) is 0 Å². The topological polar surface area (TPSA) is 107 Å². The summed E-state index contributed by atoms with van der Waals surface area (Å²) in [4.78, 5) is 11.9. The first kappa shape index (κ1) is 26.2. The Morgan fingerprint density at radius 3 is 2.50 bits per heavy atom. The number of hydrogen-bond donors (Lipinski definition) is 1. The number of carbonyl (C=O) groups is 1.